The second-order valence-corrected chi connectivity index (χ2v) is 14.1. The molecule has 3 aromatic rings. The molecule has 50 heavy (non-hydrogen) atoms. The normalized spacial score (nSPS) is 20.6. The topological polar surface area (TPSA) is 145 Å². The quantitative estimate of drug-likeness (QED) is 0.324. The number of nitrogens with one attached hydrogen (secondary N) is 1. The number of nitrogens with zero attached hydrogens (tertiary/aromatic N) is 4. The molecule has 0 saturated carbocycles. The molecule has 3 aliphatic heterocycles. The molecule has 0 spiro atoms. The van der Waals surface area contributed by atoms with Crippen molar-refractivity contribution in [1.29, 1.82) is 0 Å². The fourth-order valence-corrected chi connectivity index (χ4v) is 6.89. The number of fused-ring (bicyclic) bond motifs is 3. The first-order chi connectivity index (χ1) is 23.9. The number of carbonyl (C=O) groups is 3. The summed E-state index contributed by atoms with van der Waals surface area (Å²) in [4.78, 5) is 43.9. The van der Waals surface area contributed by atoms with Gasteiger partial charge >= 0.3 is 6.09 Å². The Hall–Kier alpha value is -4.62. The molecule has 2 aromatic carbocycles. The lowest BCUT2D eigenvalue weighted by molar-refractivity contribution is -0.0113. The standard InChI is InChI=1S/C37H47N5O8/c1-6-48-33-17-24(35(45)42-27-9-10-28(42)21-47-20-27)8-12-30(33)34(44)38-18-32(43)31-16-23-7-11-29(49-22-26-13-14-39-40(26)5)15-25(23)19-41(31)36(46)50-37(2,3)4/h7-8,11-15,17,27-28,31-32,43H,6,9-10,16,18-22H2,1-5H3,(H,38,44)/t27?,28?,31-,32+/m0/s1. The van der Waals surface area contributed by atoms with Crippen molar-refractivity contribution in [2.24, 2.45) is 7.05 Å². The highest BCUT2D eigenvalue weighted by Gasteiger charge is 2.41. The van der Waals surface area contributed by atoms with Gasteiger partial charge < -0.3 is 34.3 Å². The first kappa shape index (κ1) is 35.2. The zero-order chi connectivity index (χ0) is 35.6. The fourth-order valence-electron chi connectivity index (χ4n) is 6.89. The second-order valence-electron chi connectivity index (χ2n) is 14.1. The van der Waals surface area contributed by atoms with E-state index in [1.165, 1.54) is 4.90 Å². The van der Waals surface area contributed by atoms with Crippen molar-refractivity contribution in [2.45, 2.75) is 89.9 Å². The van der Waals surface area contributed by atoms with E-state index in [1.807, 2.05) is 43.1 Å². The van der Waals surface area contributed by atoms with Crippen LogP contribution in [-0.4, -0.2) is 98.8 Å². The number of aromatic nitrogens is 2. The molecule has 2 fully saturated rings. The molecule has 2 bridgehead atoms. The molecule has 3 amide bonds. The summed E-state index contributed by atoms with van der Waals surface area (Å²) in [6, 6.07) is 11.9. The van der Waals surface area contributed by atoms with E-state index in [-0.39, 0.29) is 42.4 Å². The van der Waals surface area contributed by atoms with E-state index in [4.69, 9.17) is 18.9 Å². The summed E-state index contributed by atoms with van der Waals surface area (Å²) in [5.41, 5.74) is 2.70. The molecule has 6 rings (SSSR count). The van der Waals surface area contributed by atoms with E-state index in [0.717, 1.165) is 29.7 Å². The lowest BCUT2D eigenvalue weighted by atomic mass is 9.91. The van der Waals surface area contributed by atoms with E-state index < -0.39 is 29.7 Å². The van der Waals surface area contributed by atoms with Crippen LogP contribution in [0.5, 0.6) is 11.5 Å². The first-order valence-electron chi connectivity index (χ1n) is 17.3. The number of benzene rings is 2. The molecule has 0 radical (unpaired) electrons. The number of hydrogen-bond donors (Lipinski definition) is 2. The van der Waals surface area contributed by atoms with Gasteiger partial charge in [-0.2, -0.15) is 5.10 Å². The molecular formula is C37H47N5O8. The third-order valence-corrected chi connectivity index (χ3v) is 9.45. The van der Waals surface area contributed by atoms with Gasteiger partial charge in [-0.05, 0) is 94.5 Å². The van der Waals surface area contributed by atoms with Crippen LogP contribution in [0.3, 0.4) is 0 Å². The van der Waals surface area contributed by atoms with Crippen LogP contribution in [0.25, 0.3) is 0 Å². The van der Waals surface area contributed by atoms with Gasteiger partial charge in [0.05, 0.1) is 55.3 Å². The molecule has 2 saturated heterocycles. The molecule has 0 aliphatic carbocycles. The Labute approximate surface area is 292 Å². The predicted octanol–water partition coefficient (Wildman–Crippen LogP) is 3.85. The van der Waals surface area contributed by atoms with E-state index >= 15 is 0 Å². The van der Waals surface area contributed by atoms with Crippen molar-refractivity contribution < 1.29 is 38.4 Å². The summed E-state index contributed by atoms with van der Waals surface area (Å²) in [6.07, 6.45) is 2.21. The fraction of sp³-hybridized carbons (Fsp3) is 0.514. The Bertz CT molecular complexity index is 1700. The van der Waals surface area contributed by atoms with Crippen LogP contribution < -0.4 is 14.8 Å². The second kappa shape index (κ2) is 14.7. The monoisotopic (exact) mass is 689 g/mol. The molecular weight excluding hydrogens is 642 g/mol. The van der Waals surface area contributed by atoms with Gasteiger partial charge in [0.15, 0.2) is 0 Å². The summed E-state index contributed by atoms with van der Waals surface area (Å²) in [5, 5.41) is 18.5. The third kappa shape index (κ3) is 7.73. The van der Waals surface area contributed by atoms with Crippen LogP contribution in [0.15, 0.2) is 48.7 Å². The highest BCUT2D eigenvalue weighted by Crippen LogP contribution is 2.33. The summed E-state index contributed by atoms with van der Waals surface area (Å²) in [5.74, 6) is 0.369. The van der Waals surface area contributed by atoms with E-state index in [2.05, 4.69) is 10.4 Å². The summed E-state index contributed by atoms with van der Waals surface area (Å²) < 4.78 is 24.9. The molecule has 2 N–H and O–H groups in total. The Balaban J connectivity index is 1.15. The smallest absolute Gasteiger partial charge is 0.410 e. The van der Waals surface area contributed by atoms with Crippen LogP contribution in [0.4, 0.5) is 4.79 Å². The van der Waals surface area contributed by atoms with Gasteiger partial charge in [-0.25, -0.2) is 4.79 Å². The Morgan fingerprint density at radius 3 is 2.48 bits per heavy atom. The van der Waals surface area contributed by atoms with Gasteiger partial charge in [-0.1, -0.05) is 6.07 Å². The largest absolute Gasteiger partial charge is 0.493 e. The molecule has 13 nitrogen and oxygen atoms in total. The van der Waals surface area contributed by atoms with Crippen molar-refractivity contribution in [2.75, 3.05) is 26.4 Å². The summed E-state index contributed by atoms with van der Waals surface area (Å²) in [7, 11) is 1.85. The molecule has 3 aliphatic rings. The number of aryl methyl sites for hydroxylation is 1. The van der Waals surface area contributed by atoms with Gasteiger partial charge in [0.25, 0.3) is 11.8 Å². The number of morpholine rings is 1. The molecule has 4 atom stereocenters. The number of hydrogen-bond acceptors (Lipinski definition) is 9. The maximum atomic E-state index is 13.5. The average Bonchev–Trinajstić information content (AvgIpc) is 3.61. The first-order valence-corrected chi connectivity index (χ1v) is 17.3. The third-order valence-electron chi connectivity index (χ3n) is 9.45. The molecule has 2 unspecified atom stereocenters. The van der Waals surface area contributed by atoms with Crippen molar-refractivity contribution >= 4 is 17.9 Å². The number of carbonyl (C=O) groups excluding carboxylic acids is 3. The van der Waals surface area contributed by atoms with Gasteiger partial charge in [-0.15, -0.1) is 0 Å². The molecule has 1 aromatic heterocycles. The van der Waals surface area contributed by atoms with Crippen molar-refractivity contribution in [3.05, 3.63) is 76.6 Å². The lowest BCUT2D eigenvalue weighted by Crippen LogP contribution is -2.54. The zero-order valence-electron chi connectivity index (χ0n) is 29.4. The minimum Gasteiger partial charge on any atom is -0.493 e. The van der Waals surface area contributed by atoms with Gasteiger partial charge in [-0.3, -0.25) is 19.2 Å². The van der Waals surface area contributed by atoms with E-state index in [0.29, 0.717) is 44.2 Å². The minimum absolute atomic E-state index is 0.0564. The Kier molecular flexibility index (Phi) is 10.4. The minimum atomic E-state index is -1.12. The van der Waals surface area contributed by atoms with E-state index in [9.17, 15) is 19.5 Å². The van der Waals surface area contributed by atoms with Crippen LogP contribution >= 0.6 is 0 Å². The van der Waals surface area contributed by atoms with Crippen LogP contribution in [0.1, 0.15) is 78.1 Å². The zero-order valence-corrected chi connectivity index (χ0v) is 29.4. The number of ether oxygens (including phenoxy) is 4. The highest BCUT2D eigenvalue weighted by molar-refractivity contribution is 6.00. The maximum Gasteiger partial charge on any atom is 0.410 e. The van der Waals surface area contributed by atoms with Crippen LogP contribution in [0, 0.1) is 0 Å². The van der Waals surface area contributed by atoms with Gasteiger partial charge in [0.1, 0.15) is 23.7 Å². The lowest BCUT2D eigenvalue weighted by Gasteiger charge is -2.40. The number of aliphatic hydroxyl groups is 1. The van der Waals surface area contributed by atoms with Crippen molar-refractivity contribution in [3.8, 4) is 11.5 Å². The van der Waals surface area contributed by atoms with Gasteiger partial charge in [0, 0.05) is 31.9 Å². The number of aliphatic hydroxyl groups excluding tert-OH is 1. The summed E-state index contributed by atoms with van der Waals surface area (Å²) >= 11 is 0. The Morgan fingerprint density at radius 2 is 1.80 bits per heavy atom. The number of rotatable bonds is 10. The predicted molar refractivity (Wildman–Crippen MR) is 183 cm³/mol. The Morgan fingerprint density at radius 1 is 1.04 bits per heavy atom. The van der Waals surface area contributed by atoms with Crippen molar-refractivity contribution in [1.82, 2.24) is 24.9 Å². The molecule has 4 heterocycles. The van der Waals surface area contributed by atoms with Crippen LogP contribution in [-0.2, 0) is 36.1 Å². The SMILES string of the molecule is CCOc1cc(C(=O)N2C3CCC2COC3)ccc1C(=O)NC[C@@H](O)[C@@H]1Cc2ccc(OCc3ccnn3C)cc2CN1C(=O)OC(C)(C)C. The average molecular weight is 690 g/mol. The maximum absolute atomic E-state index is 13.5. The molecule has 13 heteroatoms. The van der Waals surface area contributed by atoms with Crippen LogP contribution in [0.2, 0.25) is 0 Å². The van der Waals surface area contributed by atoms with Gasteiger partial charge in [0.2, 0.25) is 0 Å². The highest BCUT2D eigenvalue weighted by atomic mass is 16.6. The summed E-state index contributed by atoms with van der Waals surface area (Å²) in [6.45, 7) is 8.94. The molecule has 268 valence electrons. The van der Waals surface area contributed by atoms with E-state index in [1.54, 1.807) is 49.8 Å². The number of amides is 3. The van der Waals surface area contributed by atoms with Crippen molar-refractivity contribution in [3.63, 3.8) is 0 Å².